The molecule has 0 fully saturated rings. The molecule has 0 saturated carbocycles. The third-order valence-corrected chi connectivity index (χ3v) is 4.65. The lowest BCUT2D eigenvalue weighted by molar-refractivity contribution is 0.0971. The lowest BCUT2D eigenvalue weighted by Crippen LogP contribution is -2.11. The number of rotatable bonds is 3. The number of H-pyrrole nitrogens is 1. The smallest absolute Gasteiger partial charge is 0.165 e. The number of carbonyl (C=O) groups is 1. The van der Waals surface area contributed by atoms with E-state index in [1.165, 1.54) is 12.1 Å². The maximum atomic E-state index is 13.2. The lowest BCUT2D eigenvalue weighted by Gasteiger charge is -2.12. The van der Waals surface area contributed by atoms with Crippen LogP contribution in [0.1, 0.15) is 40.0 Å². The zero-order chi connectivity index (χ0) is 17.4. The number of nitrogens with zero attached hydrogens (tertiary/aromatic N) is 1. The molecule has 2 heterocycles. The van der Waals surface area contributed by atoms with Crippen molar-refractivity contribution in [2.45, 2.75) is 25.7 Å². The van der Waals surface area contributed by atoms with Gasteiger partial charge in [0.2, 0.25) is 0 Å². The molecule has 0 saturated heterocycles. The van der Waals surface area contributed by atoms with E-state index < -0.39 is 0 Å². The van der Waals surface area contributed by atoms with E-state index in [1.54, 1.807) is 24.4 Å². The van der Waals surface area contributed by atoms with Gasteiger partial charge in [0.15, 0.2) is 5.78 Å². The van der Waals surface area contributed by atoms with Gasteiger partial charge in [0.1, 0.15) is 11.6 Å². The van der Waals surface area contributed by atoms with Gasteiger partial charge in [0, 0.05) is 35.9 Å². The zero-order valence-electron chi connectivity index (χ0n) is 13.7. The fourth-order valence-corrected chi connectivity index (χ4v) is 3.50. The number of hydrogen-bond donors (Lipinski definition) is 2. The van der Waals surface area contributed by atoms with Crippen molar-refractivity contribution in [3.63, 3.8) is 0 Å². The Labute approximate surface area is 144 Å². The van der Waals surface area contributed by atoms with Crippen LogP contribution in [0.15, 0.2) is 42.6 Å². The van der Waals surface area contributed by atoms with Crippen LogP contribution in [0.5, 0.6) is 0 Å². The summed E-state index contributed by atoms with van der Waals surface area (Å²) in [4.78, 5) is 20.0. The van der Waals surface area contributed by atoms with E-state index in [2.05, 4.69) is 9.97 Å². The minimum atomic E-state index is -0.266. The monoisotopic (exact) mass is 335 g/mol. The summed E-state index contributed by atoms with van der Waals surface area (Å²) < 4.78 is 13.2. The number of halogens is 1. The quantitative estimate of drug-likeness (QED) is 0.762. The van der Waals surface area contributed by atoms with Crippen molar-refractivity contribution in [3.05, 3.63) is 70.8 Å². The molecule has 1 aliphatic rings. The number of nitrogens with one attached hydrogen (secondary N) is 1. The van der Waals surface area contributed by atoms with Crippen molar-refractivity contribution >= 4 is 11.6 Å². The van der Waals surface area contributed by atoms with Crippen LogP contribution in [-0.4, -0.2) is 15.8 Å². The molecule has 3 aromatic rings. The fourth-order valence-electron chi connectivity index (χ4n) is 3.50. The second kappa shape index (κ2) is 6.16. The Bertz CT molecular complexity index is 944. The highest BCUT2D eigenvalue weighted by molar-refractivity contribution is 6.01. The summed E-state index contributed by atoms with van der Waals surface area (Å²) >= 11 is 0. The van der Waals surface area contributed by atoms with E-state index in [-0.39, 0.29) is 11.6 Å². The molecule has 2 aromatic heterocycles. The summed E-state index contributed by atoms with van der Waals surface area (Å²) in [6.07, 6.45) is 4.51. The molecule has 126 valence electrons. The molecule has 4 nitrogen and oxygen atoms in total. The van der Waals surface area contributed by atoms with E-state index in [0.29, 0.717) is 18.7 Å². The number of hydrogen-bond acceptors (Lipinski definition) is 3. The van der Waals surface area contributed by atoms with E-state index in [4.69, 9.17) is 5.73 Å². The Morgan fingerprint density at radius 2 is 1.96 bits per heavy atom. The largest absolute Gasteiger partial charge is 0.384 e. The Hall–Kier alpha value is -2.95. The molecule has 5 heteroatoms. The van der Waals surface area contributed by atoms with E-state index in [1.807, 2.05) is 6.07 Å². The zero-order valence-corrected chi connectivity index (χ0v) is 13.7. The number of aromatic amines is 1. The topological polar surface area (TPSA) is 71.8 Å². The molecule has 0 atom stereocenters. The van der Waals surface area contributed by atoms with Crippen molar-refractivity contribution in [2.75, 3.05) is 5.73 Å². The number of benzene rings is 1. The summed E-state index contributed by atoms with van der Waals surface area (Å²) in [5, 5.41) is 0. The van der Waals surface area contributed by atoms with Crippen molar-refractivity contribution in [2.24, 2.45) is 0 Å². The first-order valence-electron chi connectivity index (χ1n) is 8.35. The normalized spacial score (nSPS) is 13.7. The average Bonchev–Trinajstić information content (AvgIpc) is 2.97. The molecule has 0 bridgehead atoms. The van der Waals surface area contributed by atoms with Crippen molar-refractivity contribution in [1.29, 1.82) is 0 Å². The van der Waals surface area contributed by atoms with Crippen molar-refractivity contribution in [1.82, 2.24) is 9.97 Å². The number of anilines is 1. The van der Waals surface area contributed by atoms with Gasteiger partial charge in [-0.2, -0.15) is 0 Å². The SMILES string of the molecule is Nc1cc(-c2[nH]c3c(c2Cc2ccc(F)cc2)C(=O)CCC3)ccn1. The maximum absolute atomic E-state index is 13.2. The first kappa shape index (κ1) is 15.6. The van der Waals surface area contributed by atoms with Gasteiger partial charge in [0.05, 0.1) is 5.69 Å². The minimum absolute atomic E-state index is 0.169. The number of pyridine rings is 1. The minimum Gasteiger partial charge on any atom is -0.384 e. The van der Waals surface area contributed by atoms with Gasteiger partial charge in [-0.1, -0.05) is 12.1 Å². The number of nitrogens with two attached hydrogens (primary N) is 1. The number of fused-ring (bicyclic) bond motifs is 1. The van der Waals surface area contributed by atoms with E-state index >= 15 is 0 Å². The Kier molecular flexibility index (Phi) is 3.84. The highest BCUT2D eigenvalue weighted by atomic mass is 19.1. The number of aromatic nitrogens is 2. The number of Topliss-reactive ketones (excluding diaryl/α,β-unsaturated/α-hetero) is 1. The molecule has 1 aliphatic carbocycles. The molecule has 0 radical (unpaired) electrons. The predicted octanol–water partition coefficient (Wildman–Crippen LogP) is 3.91. The molecule has 4 rings (SSSR count). The molecule has 0 amide bonds. The van der Waals surface area contributed by atoms with Crippen LogP contribution in [0.25, 0.3) is 11.3 Å². The third-order valence-electron chi connectivity index (χ3n) is 4.65. The van der Waals surface area contributed by atoms with Crippen molar-refractivity contribution in [3.8, 4) is 11.3 Å². The van der Waals surface area contributed by atoms with Crippen LogP contribution in [-0.2, 0) is 12.8 Å². The second-order valence-electron chi connectivity index (χ2n) is 6.38. The molecule has 1 aromatic carbocycles. The molecule has 0 spiro atoms. The summed E-state index contributed by atoms with van der Waals surface area (Å²) in [6.45, 7) is 0. The summed E-state index contributed by atoms with van der Waals surface area (Å²) in [7, 11) is 0. The van der Waals surface area contributed by atoms with Gasteiger partial charge in [-0.15, -0.1) is 0 Å². The molecule has 0 aliphatic heterocycles. The number of aryl methyl sites for hydroxylation is 1. The van der Waals surface area contributed by atoms with Gasteiger partial charge in [-0.05, 0) is 48.2 Å². The Balaban J connectivity index is 1.86. The number of nitrogen functional groups attached to an aromatic ring is 1. The van der Waals surface area contributed by atoms with Gasteiger partial charge in [-0.3, -0.25) is 4.79 Å². The molecule has 3 N–H and O–H groups in total. The van der Waals surface area contributed by atoms with Crippen LogP contribution >= 0.6 is 0 Å². The molecule has 0 unspecified atom stereocenters. The van der Waals surface area contributed by atoms with Crippen LogP contribution in [0, 0.1) is 5.82 Å². The summed E-state index contributed by atoms with van der Waals surface area (Å²) in [6, 6.07) is 10.1. The van der Waals surface area contributed by atoms with Gasteiger partial charge in [-0.25, -0.2) is 9.37 Å². The second-order valence-corrected chi connectivity index (χ2v) is 6.38. The molecular weight excluding hydrogens is 317 g/mol. The third kappa shape index (κ3) is 2.93. The average molecular weight is 335 g/mol. The molecular formula is C20H18FN3O. The van der Waals surface area contributed by atoms with Gasteiger partial charge >= 0.3 is 0 Å². The number of ketones is 1. The fraction of sp³-hybridized carbons (Fsp3) is 0.200. The van der Waals surface area contributed by atoms with E-state index in [0.717, 1.165) is 46.5 Å². The Morgan fingerprint density at radius 1 is 1.16 bits per heavy atom. The highest BCUT2D eigenvalue weighted by Crippen LogP contribution is 2.34. The molecule has 25 heavy (non-hydrogen) atoms. The van der Waals surface area contributed by atoms with Crippen LogP contribution in [0.3, 0.4) is 0 Å². The first-order valence-corrected chi connectivity index (χ1v) is 8.35. The first-order chi connectivity index (χ1) is 12.1. The van der Waals surface area contributed by atoms with Gasteiger partial charge in [0.25, 0.3) is 0 Å². The lowest BCUT2D eigenvalue weighted by atomic mass is 9.90. The standard InChI is InChI=1S/C20H18FN3O/c21-14-6-4-12(5-7-14)10-15-19-16(2-1-3-17(19)25)24-20(15)13-8-9-23-18(22)11-13/h4-9,11,24H,1-3,10H2,(H2,22,23). The van der Waals surface area contributed by atoms with Crippen LogP contribution < -0.4 is 5.73 Å². The Morgan fingerprint density at radius 3 is 2.72 bits per heavy atom. The summed E-state index contributed by atoms with van der Waals surface area (Å²) in [5.41, 5.74) is 11.3. The predicted molar refractivity (Wildman–Crippen MR) is 94.9 cm³/mol. The highest BCUT2D eigenvalue weighted by Gasteiger charge is 2.26. The van der Waals surface area contributed by atoms with Crippen molar-refractivity contribution < 1.29 is 9.18 Å². The maximum Gasteiger partial charge on any atom is 0.165 e. The summed E-state index contributed by atoms with van der Waals surface area (Å²) in [5.74, 6) is 0.338. The van der Waals surface area contributed by atoms with Gasteiger partial charge < -0.3 is 10.7 Å². The number of carbonyl (C=O) groups excluding carboxylic acids is 1. The van der Waals surface area contributed by atoms with E-state index in [9.17, 15) is 9.18 Å². The van der Waals surface area contributed by atoms with Crippen LogP contribution in [0.2, 0.25) is 0 Å². The van der Waals surface area contributed by atoms with Crippen LogP contribution in [0.4, 0.5) is 10.2 Å².